The zero-order chi connectivity index (χ0) is 14.7. The number of thioether (sulfide) groups is 1. The van der Waals surface area contributed by atoms with Gasteiger partial charge in [-0.15, -0.1) is 11.8 Å². The molecule has 0 radical (unpaired) electrons. The third-order valence-corrected chi connectivity index (χ3v) is 4.88. The molecule has 2 aromatic heterocycles. The quantitative estimate of drug-likeness (QED) is 0.829. The summed E-state index contributed by atoms with van der Waals surface area (Å²) in [5.74, 6) is 0.973. The van der Waals surface area contributed by atoms with E-state index >= 15 is 0 Å². The van der Waals surface area contributed by atoms with Crippen LogP contribution in [0.25, 0.3) is 0 Å². The largest absolute Gasteiger partial charge is 0.375 e. The van der Waals surface area contributed by atoms with E-state index in [0.717, 1.165) is 9.90 Å². The summed E-state index contributed by atoms with van der Waals surface area (Å²) < 4.78 is 2.76. The van der Waals surface area contributed by atoms with Crippen LogP contribution >= 0.6 is 23.1 Å². The van der Waals surface area contributed by atoms with E-state index in [0.29, 0.717) is 16.7 Å². The molecule has 2 rings (SSSR count). The summed E-state index contributed by atoms with van der Waals surface area (Å²) in [6.07, 6.45) is 1.68. The van der Waals surface area contributed by atoms with Gasteiger partial charge in [0, 0.05) is 12.1 Å². The monoisotopic (exact) mass is 311 g/mol. The lowest BCUT2D eigenvalue weighted by molar-refractivity contribution is -0.113. The van der Waals surface area contributed by atoms with Crippen molar-refractivity contribution < 1.29 is 4.79 Å². The second kappa shape index (κ2) is 6.27. The number of thiazole rings is 1. The third kappa shape index (κ3) is 3.51. The van der Waals surface area contributed by atoms with Crippen LogP contribution in [-0.4, -0.2) is 26.4 Å². The fourth-order valence-electron chi connectivity index (χ4n) is 1.67. The molecule has 0 unspecified atom stereocenters. The molecule has 20 heavy (non-hydrogen) atoms. The minimum absolute atomic E-state index is 0.0660. The molecular formula is C12H17N5OS2. The Morgan fingerprint density at radius 2 is 2.35 bits per heavy atom. The van der Waals surface area contributed by atoms with E-state index in [4.69, 9.17) is 5.73 Å². The van der Waals surface area contributed by atoms with Crippen LogP contribution in [0.1, 0.15) is 25.6 Å². The molecule has 0 aliphatic rings. The van der Waals surface area contributed by atoms with Crippen molar-refractivity contribution in [3.8, 4) is 0 Å². The molecule has 0 atom stereocenters. The van der Waals surface area contributed by atoms with Crippen LogP contribution in [-0.2, 0) is 4.79 Å². The number of anilines is 2. The van der Waals surface area contributed by atoms with E-state index in [-0.39, 0.29) is 11.9 Å². The lowest BCUT2D eigenvalue weighted by Gasteiger charge is -2.11. The number of nitrogens with zero attached hydrogens (tertiary/aromatic N) is 3. The molecule has 8 heteroatoms. The minimum Gasteiger partial charge on any atom is -0.375 e. The molecule has 0 fully saturated rings. The van der Waals surface area contributed by atoms with Crippen molar-refractivity contribution in [3.05, 3.63) is 18.0 Å². The highest BCUT2D eigenvalue weighted by atomic mass is 32.2. The Kier molecular flexibility index (Phi) is 4.66. The summed E-state index contributed by atoms with van der Waals surface area (Å²) in [5, 5.41) is 7.57. The zero-order valence-electron chi connectivity index (χ0n) is 11.6. The second-order valence-electron chi connectivity index (χ2n) is 4.52. The first-order chi connectivity index (χ1) is 9.47. The van der Waals surface area contributed by atoms with Gasteiger partial charge in [-0.25, -0.2) is 9.67 Å². The zero-order valence-corrected chi connectivity index (χ0v) is 13.2. The minimum atomic E-state index is -0.0660. The molecule has 0 aromatic carbocycles. The second-order valence-corrected chi connectivity index (χ2v) is 6.79. The Labute approximate surface area is 125 Å². The van der Waals surface area contributed by atoms with Gasteiger partial charge in [-0.1, -0.05) is 11.3 Å². The first-order valence-electron chi connectivity index (χ1n) is 6.16. The van der Waals surface area contributed by atoms with Crippen LogP contribution in [0.4, 0.5) is 10.9 Å². The Morgan fingerprint density at radius 1 is 1.60 bits per heavy atom. The fourth-order valence-corrected chi connectivity index (χ4v) is 3.49. The molecule has 2 aromatic rings. The molecule has 2 heterocycles. The van der Waals surface area contributed by atoms with Gasteiger partial charge in [0.2, 0.25) is 5.91 Å². The van der Waals surface area contributed by atoms with Gasteiger partial charge in [0.05, 0.1) is 21.9 Å². The number of hydrogen-bond acceptors (Lipinski definition) is 6. The molecule has 0 aliphatic heterocycles. The van der Waals surface area contributed by atoms with Crippen molar-refractivity contribution in [1.82, 2.24) is 14.8 Å². The van der Waals surface area contributed by atoms with Crippen molar-refractivity contribution in [1.29, 1.82) is 0 Å². The average Bonchev–Trinajstić information content (AvgIpc) is 2.93. The van der Waals surface area contributed by atoms with E-state index in [1.807, 2.05) is 20.8 Å². The molecule has 0 aliphatic carbocycles. The number of nitrogens with two attached hydrogens (primary N) is 1. The number of carbonyl (C=O) groups is 1. The van der Waals surface area contributed by atoms with Crippen LogP contribution in [0.3, 0.4) is 0 Å². The van der Waals surface area contributed by atoms with Gasteiger partial charge >= 0.3 is 0 Å². The van der Waals surface area contributed by atoms with Crippen LogP contribution in [0, 0.1) is 6.92 Å². The van der Waals surface area contributed by atoms with Crippen molar-refractivity contribution in [2.45, 2.75) is 31.0 Å². The highest BCUT2D eigenvalue weighted by molar-refractivity contribution is 8.01. The van der Waals surface area contributed by atoms with Gasteiger partial charge in [0.15, 0.2) is 5.13 Å². The predicted octanol–water partition coefficient (Wildman–Crippen LogP) is 2.54. The Hall–Kier alpha value is -1.54. The summed E-state index contributed by atoms with van der Waals surface area (Å²) in [7, 11) is 0. The number of amides is 1. The van der Waals surface area contributed by atoms with E-state index in [1.54, 1.807) is 16.9 Å². The maximum absolute atomic E-state index is 12.0. The van der Waals surface area contributed by atoms with Crippen LogP contribution in [0.2, 0.25) is 0 Å². The SMILES string of the molecule is Cc1nc(N)sc1SCC(=O)Nc1ccnn1C(C)C. The third-order valence-electron chi connectivity index (χ3n) is 2.53. The number of nitrogens with one attached hydrogen (secondary N) is 1. The molecule has 0 spiro atoms. The van der Waals surface area contributed by atoms with Gasteiger partial charge in [-0.3, -0.25) is 4.79 Å². The van der Waals surface area contributed by atoms with Gasteiger partial charge in [-0.05, 0) is 20.8 Å². The molecule has 6 nitrogen and oxygen atoms in total. The number of rotatable bonds is 5. The van der Waals surface area contributed by atoms with Crippen molar-refractivity contribution in [2.24, 2.45) is 0 Å². The van der Waals surface area contributed by atoms with Gasteiger partial charge in [-0.2, -0.15) is 5.10 Å². The number of carbonyl (C=O) groups excluding carboxylic acids is 1. The molecule has 0 saturated heterocycles. The van der Waals surface area contributed by atoms with Gasteiger partial charge < -0.3 is 11.1 Å². The number of aromatic nitrogens is 3. The van der Waals surface area contributed by atoms with E-state index < -0.39 is 0 Å². The Morgan fingerprint density at radius 3 is 2.95 bits per heavy atom. The topological polar surface area (TPSA) is 85.8 Å². The fraction of sp³-hybridized carbons (Fsp3) is 0.417. The Balaban J connectivity index is 1.93. The lowest BCUT2D eigenvalue weighted by Crippen LogP contribution is -2.18. The standard InChI is InChI=1S/C12H17N5OS2/c1-7(2)17-9(4-5-14-17)16-10(18)6-19-11-8(3)15-12(13)20-11/h4-5,7H,6H2,1-3H3,(H2,13,15)(H,16,18). The summed E-state index contributed by atoms with van der Waals surface area (Å²) in [6, 6.07) is 2.00. The molecule has 108 valence electrons. The van der Waals surface area contributed by atoms with Crippen LogP contribution in [0.5, 0.6) is 0 Å². The molecular weight excluding hydrogens is 294 g/mol. The van der Waals surface area contributed by atoms with E-state index in [9.17, 15) is 4.79 Å². The highest BCUT2D eigenvalue weighted by Gasteiger charge is 2.12. The first kappa shape index (κ1) is 14.9. The van der Waals surface area contributed by atoms with E-state index in [2.05, 4.69) is 15.4 Å². The van der Waals surface area contributed by atoms with Gasteiger partial charge in [0.1, 0.15) is 5.82 Å². The average molecular weight is 311 g/mol. The smallest absolute Gasteiger partial charge is 0.235 e. The summed E-state index contributed by atoms with van der Waals surface area (Å²) in [6.45, 7) is 5.92. The molecule has 3 N–H and O–H groups in total. The van der Waals surface area contributed by atoms with Crippen LogP contribution in [0.15, 0.2) is 16.5 Å². The van der Waals surface area contributed by atoms with E-state index in [1.165, 1.54) is 23.1 Å². The number of aryl methyl sites for hydroxylation is 1. The van der Waals surface area contributed by atoms with Crippen molar-refractivity contribution in [2.75, 3.05) is 16.8 Å². The maximum atomic E-state index is 12.0. The number of nitrogen functional groups attached to an aromatic ring is 1. The van der Waals surface area contributed by atoms with Crippen LogP contribution < -0.4 is 11.1 Å². The van der Waals surface area contributed by atoms with Crippen molar-refractivity contribution >= 4 is 40.0 Å². The molecule has 1 amide bonds. The summed E-state index contributed by atoms with van der Waals surface area (Å²) in [5.41, 5.74) is 6.50. The summed E-state index contributed by atoms with van der Waals surface area (Å²) in [4.78, 5) is 16.1. The summed E-state index contributed by atoms with van der Waals surface area (Å²) >= 11 is 2.85. The van der Waals surface area contributed by atoms with Crippen molar-refractivity contribution in [3.63, 3.8) is 0 Å². The highest BCUT2D eigenvalue weighted by Crippen LogP contribution is 2.30. The normalized spacial score (nSPS) is 11.0. The lowest BCUT2D eigenvalue weighted by atomic mass is 10.4. The Bertz CT molecular complexity index is 605. The van der Waals surface area contributed by atoms with Gasteiger partial charge in [0.25, 0.3) is 0 Å². The number of hydrogen-bond donors (Lipinski definition) is 2. The molecule has 0 bridgehead atoms. The maximum Gasteiger partial charge on any atom is 0.235 e. The molecule has 0 saturated carbocycles. The first-order valence-corrected chi connectivity index (χ1v) is 7.96. The predicted molar refractivity (Wildman–Crippen MR) is 83.2 cm³/mol.